The lowest BCUT2D eigenvalue weighted by Gasteiger charge is -2.37. The summed E-state index contributed by atoms with van der Waals surface area (Å²) < 4.78 is 74.5. The van der Waals surface area contributed by atoms with Crippen LogP contribution in [0, 0.1) is 414 Å². The Balaban J connectivity index is 0.000000424. The fourth-order valence-corrected chi connectivity index (χ4v) is 11.3. The largest absolute Gasteiger partial charge is 0.440 e. The van der Waals surface area contributed by atoms with Gasteiger partial charge in [0.2, 0.25) is 19.7 Å². The summed E-state index contributed by atoms with van der Waals surface area (Å²) in [5, 5.41) is 38.0. The fraction of sp³-hybridized carbons (Fsp3) is 0.142. The number of benzene rings is 5. The predicted molar refractivity (Wildman–Crippen MR) is 558 cm³/mol. The lowest BCUT2D eigenvalue weighted by atomic mass is 9.88. The number of imide groups is 1. The van der Waals surface area contributed by atoms with Crippen LogP contribution in [0.25, 0.3) is 22.3 Å². The minimum absolute atomic E-state index is 0. The number of carbonyl (C=O) groups is 3. The van der Waals surface area contributed by atoms with Gasteiger partial charge in [-0.1, -0.05) is 169 Å². The van der Waals surface area contributed by atoms with Crippen LogP contribution >= 0.6 is 0 Å². The number of nitrogens with zero attached hydrogens (tertiary/aromatic N) is 3. The highest BCUT2D eigenvalue weighted by molar-refractivity contribution is 7.90. The van der Waals surface area contributed by atoms with Gasteiger partial charge in [0, 0.05) is 333 Å². The highest BCUT2D eigenvalue weighted by Crippen LogP contribution is 2.45. The molecule has 20 heteroatoms. The standard InChI is InChI=1S/C72H6.C32H32N2O8S.C22H23NO7S.CH4/c1-3-5-7-9-11-13-15-17-19-21-23-25-27-29-31-33-35-37-39-41-43-45-47-49-51-53-55-57-59-61-63-65-67-69-71-72-70-68-66-64-62-60-58-56-54-52-50-48-46-44-42-40-38-36-34-32-30-28-26-24-22-20-18-16-14-12-10-8-6-4-2;1-31(2)27(24-13-9-6-10-14-24)34(30(37)41-31)29(36)32(3,28(35)25-19-26(42-33-25)43(4,38)39)40-20-21-15-17-23(18-16-21)22-11-7-5-8-12-22;1-22(19(25)13-24,21(26)18-12-20(30-23-18)31(2,27)28)29-14-15-8-10-17(11-9-15)16-6-4-3-5-7-16;/h1-2H3;5-19,27-28,35H,20H2,1-4H3;3-12,21,24,26H,13-14H2,1-2H3;1H4/t;27-,28-,32-;21-,22+;/m.00./s1. The Labute approximate surface area is 859 Å². The maximum atomic E-state index is 14.4. The molecule has 18 nitrogen and oxygen atoms in total. The molecule has 2 aromatic heterocycles. The van der Waals surface area contributed by atoms with Gasteiger partial charge in [-0.25, -0.2) is 26.5 Å². The van der Waals surface area contributed by atoms with E-state index < -0.39 is 89.3 Å². The number of Topliss-reactive ketones (excluding diaryl/α,β-unsaturated/α-hetero) is 1. The second-order valence-electron chi connectivity index (χ2n) is 27.4. The summed E-state index contributed by atoms with van der Waals surface area (Å²) in [6.45, 7) is 8.34. The van der Waals surface area contributed by atoms with Crippen molar-refractivity contribution in [2.75, 3.05) is 19.1 Å². The molecule has 690 valence electrons. The van der Waals surface area contributed by atoms with Crippen molar-refractivity contribution in [1.82, 2.24) is 15.2 Å². The van der Waals surface area contributed by atoms with E-state index in [1.54, 1.807) is 52.0 Å². The number of carbonyl (C=O) groups excluding carboxylic acids is 3. The monoisotopic (exact) mass is 1940 g/mol. The molecule has 3 N–H and O–H groups in total. The third-order valence-corrected chi connectivity index (χ3v) is 18.8. The van der Waals surface area contributed by atoms with Crippen LogP contribution in [0.2, 0.25) is 0 Å². The number of hydrogen-bond donors (Lipinski definition) is 3. The summed E-state index contributed by atoms with van der Waals surface area (Å²) in [5.41, 5.74) is 0.579. The highest BCUT2D eigenvalue weighted by atomic mass is 32.2. The second-order valence-corrected chi connectivity index (χ2v) is 31.3. The summed E-state index contributed by atoms with van der Waals surface area (Å²) in [5.74, 6) is 174. The van der Waals surface area contributed by atoms with Crippen LogP contribution in [0.5, 0.6) is 0 Å². The van der Waals surface area contributed by atoms with Crippen molar-refractivity contribution >= 4 is 37.5 Å². The van der Waals surface area contributed by atoms with Crippen LogP contribution in [0.1, 0.15) is 95.3 Å². The smallest absolute Gasteiger partial charge is 0.417 e. The molecular weight excluding hydrogens is 1870 g/mol. The second kappa shape index (κ2) is 66.8. The molecule has 0 spiro atoms. The topological polar surface area (TPSA) is 263 Å². The third kappa shape index (κ3) is 44.9. The Kier molecular flexibility index (Phi) is 52.2. The molecule has 5 aromatic carbocycles. The van der Waals surface area contributed by atoms with Crippen LogP contribution < -0.4 is 0 Å². The summed E-state index contributed by atoms with van der Waals surface area (Å²) in [4.78, 5) is 41.0. The normalized spacial score (nSPS) is 10.5. The number of ether oxygens (including phenoxy) is 3. The van der Waals surface area contributed by atoms with Crippen molar-refractivity contribution in [3.05, 3.63) is 180 Å². The predicted octanol–water partition coefficient (Wildman–Crippen LogP) is 9.35. The third-order valence-electron chi connectivity index (χ3n) is 16.9. The first-order valence-corrected chi connectivity index (χ1v) is 45.0. The van der Waals surface area contributed by atoms with Crippen LogP contribution in [0.3, 0.4) is 0 Å². The van der Waals surface area contributed by atoms with Crippen molar-refractivity contribution in [3.63, 3.8) is 0 Å². The number of hydrogen-bond acceptors (Lipinski definition) is 17. The van der Waals surface area contributed by atoms with E-state index in [2.05, 4.69) is 425 Å². The van der Waals surface area contributed by atoms with Crippen LogP contribution in [0.15, 0.2) is 171 Å². The van der Waals surface area contributed by atoms with Gasteiger partial charge in [0.15, 0.2) is 17.0 Å². The summed E-state index contributed by atoms with van der Waals surface area (Å²) >= 11 is 0. The molecule has 0 aliphatic carbocycles. The van der Waals surface area contributed by atoms with Crippen LogP contribution in [0.4, 0.5) is 4.79 Å². The zero-order chi connectivity index (χ0) is 105. The van der Waals surface area contributed by atoms with Crippen molar-refractivity contribution in [2.24, 2.45) is 0 Å². The molecule has 0 bridgehead atoms. The molecule has 7 aromatic rings. The van der Waals surface area contributed by atoms with Gasteiger partial charge < -0.3 is 38.6 Å². The Morgan fingerprint density at radius 3 is 0.782 bits per heavy atom. The summed E-state index contributed by atoms with van der Waals surface area (Å²) in [6, 6.07) is 44.7. The number of ketones is 1. The minimum Gasteiger partial charge on any atom is -0.440 e. The Morgan fingerprint density at radius 1 is 0.354 bits per heavy atom. The summed E-state index contributed by atoms with van der Waals surface area (Å²) in [6.07, 6.45) is -2.53. The number of aromatic nitrogens is 2. The fourth-order valence-electron chi connectivity index (χ4n) is 10.3. The van der Waals surface area contributed by atoms with E-state index in [1.165, 1.54) is 13.8 Å². The van der Waals surface area contributed by atoms with E-state index in [0.717, 1.165) is 57.4 Å². The van der Waals surface area contributed by atoms with E-state index in [1.807, 2.05) is 115 Å². The molecule has 0 radical (unpaired) electrons. The van der Waals surface area contributed by atoms with E-state index >= 15 is 0 Å². The SMILES string of the molecule is C.CC#CC#CC#CC#CC#CC#CC#CC#CC#CC#CC#CC#CC#CC#CC#CC#CC#CC#CC#CC#CC#CC#CC#CC#CC#CC#CC#CC#CC#CC#CC#CC#CC#CC#CC#CC.CC1(C)OC(=O)N(C(=O)[C@@](C)(OCc2ccc(-c3ccccc3)cc2)[C@@H](O)c2cc(S(C)(=O)=O)on2)[C@H]1c1ccccc1.C[C@@](OCc1ccc(-c2ccccc2)cc1)(C(=O)CO)[C@@H](O)c1cc(S(C)(=O)=O)on1. The molecule has 1 fully saturated rings. The highest BCUT2D eigenvalue weighted by Gasteiger charge is 2.58. The number of sulfone groups is 2. The number of aliphatic hydroxyl groups excluding tert-OH is 3. The van der Waals surface area contributed by atoms with Gasteiger partial charge in [0.1, 0.15) is 41.8 Å². The molecule has 0 saturated carbocycles. The minimum atomic E-state index is -3.80. The van der Waals surface area contributed by atoms with Crippen molar-refractivity contribution in [2.45, 2.75) is 107 Å². The molecule has 2 amide bonds. The van der Waals surface area contributed by atoms with Gasteiger partial charge >= 0.3 is 6.09 Å². The maximum absolute atomic E-state index is 14.4. The quantitative estimate of drug-likeness (QED) is 0.0676. The Morgan fingerprint density at radius 2 is 0.565 bits per heavy atom. The van der Waals surface area contributed by atoms with E-state index in [-0.39, 0.29) is 32.0 Å². The van der Waals surface area contributed by atoms with Gasteiger partial charge in [0.25, 0.3) is 16.1 Å². The molecule has 8 rings (SSSR count). The Bertz CT molecular complexity index is 8790. The molecule has 147 heavy (non-hydrogen) atoms. The molecule has 1 aliphatic rings. The number of amides is 2. The molecule has 1 aliphatic heterocycles. The van der Waals surface area contributed by atoms with Crippen LogP contribution in [-0.4, -0.2) is 101 Å². The molecular formula is C127H65N3O15S2. The van der Waals surface area contributed by atoms with Crippen molar-refractivity contribution in [1.29, 1.82) is 0 Å². The first kappa shape index (κ1) is 115. The molecule has 3 heterocycles. The number of aliphatic hydroxyl groups is 3. The Hall–Kier alpha value is -22.6. The van der Waals surface area contributed by atoms with E-state index in [4.69, 9.17) is 23.3 Å². The van der Waals surface area contributed by atoms with Crippen molar-refractivity contribution < 1.29 is 69.8 Å². The maximum Gasteiger partial charge on any atom is 0.417 e. The molecule has 1 saturated heterocycles. The zero-order valence-electron chi connectivity index (χ0n) is 78.2. The lowest BCUT2D eigenvalue weighted by Crippen LogP contribution is -2.54. The first-order valence-electron chi connectivity index (χ1n) is 41.2. The first-order chi connectivity index (χ1) is 70.9. The van der Waals surface area contributed by atoms with Crippen molar-refractivity contribution in [3.8, 4) is 437 Å². The molecule has 5 atom stereocenters. The molecule has 0 unspecified atom stereocenters. The van der Waals surface area contributed by atoms with Gasteiger partial charge in [-0.2, -0.15) is 0 Å². The van der Waals surface area contributed by atoms with Crippen LogP contribution in [-0.2, 0) is 56.7 Å². The average Bonchev–Trinajstić information content (AvgIpc) is 1.61. The summed E-state index contributed by atoms with van der Waals surface area (Å²) in [7, 11) is -7.48. The average molecular weight is 1940 g/mol. The van der Waals surface area contributed by atoms with Gasteiger partial charge in [-0.05, 0) is 175 Å². The number of rotatable bonds is 18. The zero-order valence-corrected chi connectivity index (χ0v) is 79.8. The van der Waals surface area contributed by atoms with E-state index in [9.17, 15) is 46.5 Å². The van der Waals surface area contributed by atoms with Gasteiger partial charge in [-0.3, -0.25) is 9.59 Å². The van der Waals surface area contributed by atoms with Gasteiger partial charge in [0.05, 0.1) is 13.2 Å². The lowest BCUT2D eigenvalue weighted by molar-refractivity contribution is -0.175. The number of cyclic esters (lactones) is 1. The van der Waals surface area contributed by atoms with E-state index in [0.29, 0.717) is 11.1 Å². The van der Waals surface area contributed by atoms with Gasteiger partial charge in [-0.15, -0.1) is 0 Å².